The summed E-state index contributed by atoms with van der Waals surface area (Å²) >= 11 is 1.35. The van der Waals surface area contributed by atoms with Gasteiger partial charge in [-0.2, -0.15) is 0 Å². The summed E-state index contributed by atoms with van der Waals surface area (Å²) in [6.07, 6.45) is 0.190. The number of rotatable bonds is 5. The molecule has 1 unspecified atom stereocenters. The molecular weight excluding hydrogens is 442 g/mol. The molecule has 1 aliphatic rings. The summed E-state index contributed by atoms with van der Waals surface area (Å²) in [5.41, 5.74) is 9.03. The molecule has 0 aliphatic carbocycles. The number of amides is 1. The number of fused-ring (bicyclic) bond motifs is 2. The number of nitrogens with one attached hydrogen (secondary N) is 2. The van der Waals surface area contributed by atoms with Gasteiger partial charge in [0.1, 0.15) is 16.4 Å². The van der Waals surface area contributed by atoms with Crippen LogP contribution in [0.15, 0.2) is 18.2 Å². The molecule has 0 saturated carbocycles. The van der Waals surface area contributed by atoms with Gasteiger partial charge >= 0.3 is 5.97 Å². The average molecular weight is 472 g/mol. The second-order valence-corrected chi connectivity index (χ2v) is 10.3. The molecule has 0 radical (unpaired) electrons. The molecule has 3 aromatic rings. The number of nitrogen functional groups attached to an aromatic ring is 1. The molecule has 9 heteroatoms. The first kappa shape index (κ1) is 23.1. The number of hydrogen-bond donors (Lipinski definition) is 3. The second-order valence-electron chi connectivity index (χ2n) is 9.13. The largest absolute Gasteiger partial charge is 0.497 e. The fourth-order valence-corrected chi connectivity index (χ4v) is 5.06. The first-order valence-electron chi connectivity index (χ1n) is 10.8. The second kappa shape index (κ2) is 8.72. The van der Waals surface area contributed by atoms with Crippen molar-refractivity contribution in [2.45, 2.75) is 52.4 Å². The van der Waals surface area contributed by atoms with E-state index in [9.17, 15) is 9.59 Å². The van der Waals surface area contributed by atoms with Gasteiger partial charge in [-0.15, -0.1) is 11.3 Å². The van der Waals surface area contributed by atoms with Crippen molar-refractivity contribution in [3.8, 4) is 5.75 Å². The summed E-state index contributed by atoms with van der Waals surface area (Å²) in [7, 11) is 1.60. The van der Waals surface area contributed by atoms with Crippen LogP contribution in [0.2, 0.25) is 0 Å². The molecule has 2 aromatic heterocycles. The fourth-order valence-electron chi connectivity index (χ4n) is 4.05. The van der Waals surface area contributed by atoms with E-state index in [1.165, 1.54) is 11.3 Å². The molecule has 4 rings (SSSR count). The molecule has 1 amide bonds. The van der Waals surface area contributed by atoms with E-state index in [1.54, 1.807) is 7.11 Å². The number of ether oxygens (including phenoxy) is 3. The smallest absolute Gasteiger partial charge is 0.341 e. The molecule has 0 bridgehead atoms. The van der Waals surface area contributed by atoms with Crippen LogP contribution in [0.5, 0.6) is 5.75 Å². The lowest BCUT2D eigenvalue weighted by Crippen LogP contribution is -2.37. The van der Waals surface area contributed by atoms with Gasteiger partial charge < -0.3 is 30.2 Å². The minimum absolute atomic E-state index is 0.196. The lowest BCUT2D eigenvalue weighted by Gasteiger charge is -2.25. The Labute approximate surface area is 196 Å². The highest BCUT2D eigenvalue weighted by Gasteiger charge is 2.31. The number of aromatic amines is 1. The van der Waals surface area contributed by atoms with Crippen molar-refractivity contribution < 1.29 is 23.8 Å². The summed E-state index contributed by atoms with van der Waals surface area (Å²) in [6, 6.07) is 5.59. The third kappa shape index (κ3) is 4.69. The van der Waals surface area contributed by atoms with E-state index in [0.29, 0.717) is 41.4 Å². The van der Waals surface area contributed by atoms with Gasteiger partial charge in [0.2, 0.25) is 0 Å². The molecule has 33 heavy (non-hydrogen) atoms. The van der Waals surface area contributed by atoms with Crippen molar-refractivity contribution in [1.82, 2.24) is 10.3 Å². The monoisotopic (exact) mass is 471 g/mol. The quantitative estimate of drug-likeness (QED) is 0.485. The molecule has 0 fully saturated rings. The number of carbonyl (C=O) groups excluding carboxylic acids is 2. The van der Waals surface area contributed by atoms with Crippen molar-refractivity contribution >= 4 is 39.1 Å². The Balaban J connectivity index is 1.49. The highest BCUT2D eigenvalue weighted by atomic mass is 32.1. The summed E-state index contributed by atoms with van der Waals surface area (Å²) in [5.74, 6) is 0.0626. The van der Waals surface area contributed by atoms with Crippen LogP contribution in [0.4, 0.5) is 5.00 Å². The van der Waals surface area contributed by atoms with Crippen LogP contribution in [0.3, 0.4) is 0 Å². The van der Waals surface area contributed by atoms with Crippen LogP contribution < -0.4 is 15.8 Å². The van der Waals surface area contributed by atoms with Crippen molar-refractivity contribution in [2.24, 2.45) is 0 Å². The molecule has 0 spiro atoms. The van der Waals surface area contributed by atoms with Gasteiger partial charge in [-0.25, -0.2) is 4.79 Å². The van der Waals surface area contributed by atoms with Crippen molar-refractivity contribution in [3.05, 3.63) is 45.5 Å². The van der Waals surface area contributed by atoms with E-state index in [1.807, 2.05) is 45.9 Å². The first-order chi connectivity index (χ1) is 15.6. The van der Waals surface area contributed by atoms with Crippen molar-refractivity contribution in [1.29, 1.82) is 0 Å². The number of methoxy groups -OCH3 is 1. The highest BCUT2D eigenvalue weighted by Crippen LogP contribution is 2.37. The molecule has 1 aromatic carbocycles. The standard InChI is InChI=1S/C24H29N3O5S/c1-12-19(15-8-13(30-5)6-7-17(15)27-12)22(28)26-10-14-9-16-18(11-31-14)33-21(25)20(16)23(29)32-24(2,3)4/h6-8,14,27H,9-11,25H2,1-5H3,(H,26,28). The Kier molecular flexibility index (Phi) is 6.11. The summed E-state index contributed by atoms with van der Waals surface area (Å²) in [5, 5.41) is 4.22. The molecule has 8 nitrogen and oxygen atoms in total. The zero-order valence-corrected chi connectivity index (χ0v) is 20.3. The Hall–Kier alpha value is -3.04. The molecule has 1 aliphatic heterocycles. The van der Waals surface area contributed by atoms with E-state index in [0.717, 1.165) is 27.0 Å². The Morgan fingerprint density at radius 1 is 1.30 bits per heavy atom. The minimum atomic E-state index is -0.614. The predicted octanol–water partition coefficient (Wildman–Crippen LogP) is 3.96. The van der Waals surface area contributed by atoms with Crippen LogP contribution in [-0.2, 0) is 22.5 Å². The number of benzene rings is 1. The normalized spacial score (nSPS) is 15.8. The van der Waals surface area contributed by atoms with Gasteiger partial charge in [-0.05, 0) is 51.5 Å². The van der Waals surface area contributed by atoms with Gasteiger partial charge in [0.25, 0.3) is 5.91 Å². The summed E-state index contributed by atoms with van der Waals surface area (Å²) < 4.78 is 16.8. The van der Waals surface area contributed by atoms with Crippen LogP contribution >= 0.6 is 11.3 Å². The zero-order valence-electron chi connectivity index (χ0n) is 19.5. The molecular formula is C24H29N3O5S. The highest BCUT2D eigenvalue weighted by molar-refractivity contribution is 7.16. The van der Waals surface area contributed by atoms with Gasteiger partial charge in [0.15, 0.2) is 0 Å². The molecule has 0 saturated heterocycles. The number of aryl methyl sites for hydroxylation is 1. The van der Waals surface area contributed by atoms with E-state index >= 15 is 0 Å². The Morgan fingerprint density at radius 2 is 2.06 bits per heavy atom. The van der Waals surface area contributed by atoms with Gasteiger partial charge in [-0.1, -0.05) is 0 Å². The predicted molar refractivity (Wildman–Crippen MR) is 128 cm³/mol. The molecule has 3 heterocycles. The number of aromatic nitrogens is 1. The van der Waals surface area contributed by atoms with Crippen LogP contribution in [0.25, 0.3) is 10.9 Å². The number of hydrogen-bond acceptors (Lipinski definition) is 7. The molecule has 1 atom stereocenters. The van der Waals surface area contributed by atoms with E-state index in [-0.39, 0.29) is 12.0 Å². The third-order valence-corrected chi connectivity index (χ3v) is 6.55. The number of nitrogens with two attached hydrogens (primary N) is 1. The summed E-state index contributed by atoms with van der Waals surface area (Å²) in [6.45, 7) is 7.98. The minimum Gasteiger partial charge on any atom is -0.497 e. The van der Waals surface area contributed by atoms with Gasteiger partial charge in [0.05, 0.1) is 30.9 Å². The lowest BCUT2D eigenvalue weighted by molar-refractivity contribution is 0.00614. The number of thiophene rings is 1. The summed E-state index contributed by atoms with van der Waals surface area (Å²) in [4.78, 5) is 29.9. The van der Waals surface area contributed by atoms with Gasteiger partial charge in [0, 0.05) is 34.4 Å². The van der Waals surface area contributed by atoms with E-state index in [2.05, 4.69) is 10.3 Å². The van der Waals surface area contributed by atoms with Crippen molar-refractivity contribution in [3.63, 3.8) is 0 Å². The van der Waals surface area contributed by atoms with Crippen LogP contribution in [0, 0.1) is 6.92 Å². The van der Waals surface area contributed by atoms with Crippen LogP contribution in [-0.4, -0.2) is 42.2 Å². The maximum Gasteiger partial charge on any atom is 0.341 e. The van der Waals surface area contributed by atoms with E-state index in [4.69, 9.17) is 19.9 Å². The lowest BCUT2D eigenvalue weighted by atomic mass is 10.0. The SMILES string of the molecule is COc1ccc2[nH]c(C)c(C(=O)NCC3Cc4c(sc(N)c4C(=O)OC(C)(C)C)CO3)c2c1. The van der Waals surface area contributed by atoms with Gasteiger partial charge in [-0.3, -0.25) is 4.79 Å². The molecule has 4 N–H and O–H groups in total. The fraction of sp³-hybridized carbons (Fsp3) is 0.417. The average Bonchev–Trinajstić information content (AvgIpc) is 3.24. The maximum absolute atomic E-state index is 13.0. The van der Waals surface area contributed by atoms with Crippen molar-refractivity contribution in [2.75, 3.05) is 19.4 Å². The number of esters is 1. The van der Waals surface area contributed by atoms with Crippen LogP contribution in [0.1, 0.15) is 57.6 Å². The number of H-pyrrole nitrogens is 1. The number of carbonyl (C=O) groups is 2. The first-order valence-corrected chi connectivity index (χ1v) is 11.6. The number of anilines is 1. The Morgan fingerprint density at radius 3 is 2.76 bits per heavy atom. The zero-order chi connectivity index (χ0) is 23.9. The maximum atomic E-state index is 13.0. The Bertz CT molecular complexity index is 1220. The van der Waals surface area contributed by atoms with E-state index < -0.39 is 11.6 Å². The third-order valence-electron chi connectivity index (χ3n) is 5.51. The molecule has 176 valence electrons. The topological polar surface area (TPSA) is 116 Å².